The lowest BCUT2D eigenvalue weighted by atomic mass is 9.99. The predicted octanol–water partition coefficient (Wildman–Crippen LogP) is 1.73. The van der Waals surface area contributed by atoms with E-state index in [2.05, 4.69) is 30.0 Å². The van der Waals surface area contributed by atoms with Crippen molar-refractivity contribution >= 4 is 11.6 Å². The van der Waals surface area contributed by atoms with E-state index in [4.69, 9.17) is 0 Å². The minimum atomic E-state index is -0.473. The van der Waals surface area contributed by atoms with Crippen LogP contribution in [0.5, 0.6) is 0 Å². The van der Waals surface area contributed by atoms with Crippen LogP contribution in [0, 0.1) is 6.92 Å². The number of rotatable bonds is 4. The molecule has 0 aliphatic carbocycles. The summed E-state index contributed by atoms with van der Waals surface area (Å²) in [5, 5.41) is 10.3. The van der Waals surface area contributed by atoms with Gasteiger partial charge >= 0.3 is 0 Å². The lowest BCUT2D eigenvalue weighted by Gasteiger charge is -2.34. The molecule has 0 spiro atoms. The highest BCUT2D eigenvalue weighted by Crippen LogP contribution is 2.28. The lowest BCUT2D eigenvalue weighted by Crippen LogP contribution is -2.42. The summed E-state index contributed by atoms with van der Waals surface area (Å²) in [7, 11) is 0. The molecule has 1 fully saturated rings. The Morgan fingerprint density at radius 3 is 2.62 bits per heavy atom. The average molecular weight is 288 g/mol. The fourth-order valence-electron chi connectivity index (χ4n) is 3.46. The van der Waals surface area contributed by atoms with Gasteiger partial charge in [-0.2, -0.15) is 0 Å². The number of aliphatic hydroxyl groups is 1. The van der Waals surface area contributed by atoms with E-state index in [-0.39, 0.29) is 5.91 Å². The molecule has 1 saturated heterocycles. The standard InChI is InChI=1S/C17H24N2O2/c1-13-6-7-16-14(10-13)4-2-8-18(16)11-15(20)12-19-9-3-5-17(19)21/h6-7,10,15,20H,2-5,8-9,11-12H2,1H3/t15-/m0/s1. The minimum absolute atomic E-state index is 0.184. The van der Waals surface area contributed by atoms with Crippen LogP contribution in [0.25, 0.3) is 0 Å². The Morgan fingerprint density at radius 2 is 1.86 bits per heavy atom. The van der Waals surface area contributed by atoms with Crippen molar-refractivity contribution in [3.8, 4) is 0 Å². The minimum Gasteiger partial charge on any atom is -0.389 e. The number of amides is 1. The van der Waals surface area contributed by atoms with Crippen LogP contribution in [0.4, 0.5) is 5.69 Å². The maximum absolute atomic E-state index is 11.6. The normalized spacial score (nSPS) is 19.8. The first kappa shape index (κ1) is 14.4. The molecule has 1 aromatic rings. The Labute approximate surface area is 126 Å². The van der Waals surface area contributed by atoms with E-state index in [1.54, 1.807) is 4.90 Å². The Bertz CT molecular complexity index is 530. The van der Waals surface area contributed by atoms with Gasteiger partial charge in [-0.3, -0.25) is 4.79 Å². The van der Waals surface area contributed by atoms with E-state index < -0.39 is 6.10 Å². The fourth-order valence-corrected chi connectivity index (χ4v) is 3.46. The van der Waals surface area contributed by atoms with E-state index in [1.165, 1.54) is 16.8 Å². The number of aliphatic hydroxyl groups excluding tert-OH is 1. The van der Waals surface area contributed by atoms with Crippen LogP contribution in [-0.2, 0) is 11.2 Å². The molecule has 1 N–H and O–H groups in total. The van der Waals surface area contributed by atoms with Crippen LogP contribution in [0.15, 0.2) is 18.2 Å². The van der Waals surface area contributed by atoms with Gasteiger partial charge in [0.1, 0.15) is 0 Å². The van der Waals surface area contributed by atoms with Crippen molar-refractivity contribution in [1.29, 1.82) is 0 Å². The number of likely N-dealkylation sites (tertiary alicyclic amines) is 1. The van der Waals surface area contributed by atoms with Gasteiger partial charge in [0.05, 0.1) is 6.10 Å². The van der Waals surface area contributed by atoms with Gasteiger partial charge < -0.3 is 14.9 Å². The number of carbonyl (C=O) groups is 1. The van der Waals surface area contributed by atoms with Crippen LogP contribution in [-0.4, -0.2) is 48.2 Å². The first-order chi connectivity index (χ1) is 10.1. The van der Waals surface area contributed by atoms with Crippen molar-refractivity contribution in [2.24, 2.45) is 0 Å². The number of hydrogen-bond donors (Lipinski definition) is 1. The summed E-state index contributed by atoms with van der Waals surface area (Å²) in [4.78, 5) is 15.7. The third-order valence-corrected chi connectivity index (χ3v) is 4.48. The Balaban J connectivity index is 1.64. The molecule has 4 nitrogen and oxygen atoms in total. The van der Waals surface area contributed by atoms with Gasteiger partial charge in [0.2, 0.25) is 5.91 Å². The zero-order valence-electron chi connectivity index (χ0n) is 12.7. The summed E-state index contributed by atoms with van der Waals surface area (Å²) < 4.78 is 0. The highest BCUT2D eigenvalue weighted by atomic mass is 16.3. The number of carbonyl (C=O) groups excluding carboxylic acids is 1. The van der Waals surface area contributed by atoms with E-state index in [0.717, 1.165) is 32.4 Å². The van der Waals surface area contributed by atoms with E-state index in [9.17, 15) is 9.90 Å². The molecule has 3 rings (SSSR count). The number of aryl methyl sites for hydroxylation is 2. The Kier molecular flexibility index (Phi) is 4.15. The first-order valence-corrected chi connectivity index (χ1v) is 7.94. The topological polar surface area (TPSA) is 43.8 Å². The molecule has 1 aromatic carbocycles. The highest BCUT2D eigenvalue weighted by molar-refractivity contribution is 5.78. The second kappa shape index (κ2) is 6.06. The third-order valence-electron chi connectivity index (χ3n) is 4.48. The molecule has 2 aliphatic heterocycles. The highest BCUT2D eigenvalue weighted by Gasteiger charge is 2.25. The Morgan fingerprint density at radius 1 is 1.14 bits per heavy atom. The third kappa shape index (κ3) is 3.21. The molecule has 1 atom stereocenters. The molecule has 0 saturated carbocycles. The van der Waals surface area contributed by atoms with Crippen molar-refractivity contribution < 1.29 is 9.90 Å². The lowest BCUT2D eigenvalue weighted by molar-refractivity contribution is -0.128. The molecule has 2 aliphatic rings. The van der Waals surface area contributed by atoms with Gasteiger partial charge in [-0.05, 0) is 37.8 Å². The van der Waals surface area contributed by atoms with Crippen molar-refractivity contribution in [2.45, 2.75) is 38.7 Å². The van der Waals surface area contributed by atoms with Crippen molar-refractivity contribution in [3.05, 3.63) is 29.3 Å². The molecular formula is C17H24N2O2. The van der Waals surface area contributed by atoms with Crippen molar-refractivity contribution in [3.63, 3.8) is 0 Å². The number of anilines is 1. The van der Waals surface area contributed by atoms with Gasteiger partial charge in [-0.1, -0.05) is 17.7 Å². The first-order valence-electron chi connectivity index (χ1n) is 7.94. The molecule has 4 heteroatoms. The summed E-state index contributed by atoms with van der Waals surface area (Å²) in [5.74, 6) is 0.184. The Hall–Kier alpha value is -1.55. The summed E-state index contributed by atoms with van der Waals surface area (Å²) in [6.45, 7) is 4.98. The molecular weight excluding hydrogens is 264 g/mol. The second-order valence-electron chi connectivity index (χ2n) is 6.28. The quantitative estimate of drug-likeness (QED) is 0.917. The number of β-amino-alcohol motifs (C(OH)–C–C–N with tert-alkyl or cyclic N) is 1. The number of fused-ring (bicyclic) bond motifs is 1. The van der Waals surface area contributed by atoms with Crippen LogP contribution in [0.1, 0.15) is 30.4 Å². The summed E-state index contributed by atoms with van der Waals surface area (Å²) in [6, 6.07) is 6.54. The van der Waals surface area contributed by atoms with Gasteiger partial charge in [0, 0.05) is 38.3 Å². The molecule has 0 bridgehead atoms. The summed E-state index contributed by atoms with van der Waals surface area (Å²) in [5.41, 5.74) is 3.92. The fraction of sp³-hybridized carbons (Fsp3) is 0.588. The largest absolute Gasteiger partial charge is 0.389 e. The zero-order valence-corrected chi connectivity index (χ0v) is 12.7. The van der Waals surface area contributed by atoms with Gasteiger partial charge in [-0.25, -0.2) is 0 Å². The van der Waals surface area contributed by atoms with Crippen LogP contribution < -0.4 is 4.90 Å². The van der Waals surface area contributed by atoms with E-state index in [0.29, 0.717) is 19.5 Å². The summed E-state index contributed by atoms with van der Waals surface area (Å²) in [6.07, 6.45) is 3.34. The van der Waals surface area contributed by atoms with Gasteiger partial charge in [0.25, 0.3) is 0 Å². The smallest absolute Gasteiger partial charge is 0.222 e. The average Bonchev–Trinajstić information content (AvgIpc) is 2.84. The molecule has 21 heavy (non-hydrogen) atoms. The zero-order chi connectivity index (χ0) is 14.8. The second-order valence-corrected chi connectivity index (χ2v) is 6.28. The number of nitrogens with zero attached hydrogens (tertiary/aromatic N) is 2. The number of hydrogen-bond acceptors (Lipinski definition) is 3. The van der Waals surface area contributed by atoms with E-state index in [1.807, 2.05) is 0 Å². The molecule has 0 aromatic heterocycles. The maximum Gasteiger partial charge on any atom is 0.222 e. The predicted molar refractivity (Wildman–Crippen MR) is 83.5 cm³/mol. The monoisotopic (exact) mass is 288 g/mol. The maximum atomic E-state index is 11.6. The van der Waals surface area contributed by atoms with Gasteiger partial charge in [-0.15, -0.1) is 0 Å². The summed E-state index contributed by atoms with van der Waals surface area (Å²) >= 11 is 0. The number of benzene rings is 1. The van der Waals surface area contributed by atoms with E-state index >= 15 is 0 Å². The molecule has 1 amide bonds. The van der Waals surface area contributed by atoms with Crippen molar-refractivity contribution in [1.82, 2.24) is 4.90 Å². The molecule has 0 radical (unpaired) electrons. The van der Waals surface area contributed by atoms with Crippen LogP contribution in [0.2, 0.25) is 0 Å². The van der Waals surface area contributed by atoms with Crippen molar-refractivity contribution in [2.75, 3.05) is 31.1 Å². The molecule has 0 unspecified atom stereocenters. The van der Waals surface area contributed by atoms with Crippen LogP contribution in [0.3, 0.4) is 0 Å². The SMILES string of the molecule is Cc1ccc2c(c1)CCCN2C[C@H](O)CN1CCCC1=O. The van der Waals surface area contributed by atoms with Crippen LogP contribution >= 0.6 is 0 Å². The van der Waals surface area contributed by atoms with Gasteiger partial charge in [0.15, 0.2) is 0 Å². The molecule has 2 heterocycles. The molecule has 114 valence electrons.